The smallest absolute Gasteiger partial charge is 0.338 e. The van der Waals surface area contributed by atoms with E-state index in [1.807, 2.05) is 41.0 Å². The molecule has 2 aromatic heterocycles. The van der Waals surface area contributed by atoms with E-state index < -0.39 is 11.9 Å². The van der Waals surface area contributed by atoms with E-state index in [0.717, 1.165) is 16.7 Å². The predicted molar refractivity (Wildman–Crippen MR) is 107 cm³/mol. The van der Waals surface area contributed by atoms with E-state index in [-0.39, 0.29) is 12.6 Å². The Morgan fingerprint density at radius 1 is 1.10 bits per heavy atom. The number of esters is 1. The van der Waals surface area contributed by atoms with Crippen LogP contribution in [0.2, 0.25) is 0 Å². The molecule has 2 aromatic carbocycles. The third kappa shape index (κ3) is 4.03. The Morgan fingerprint density at radius 2 is 1.90 bits per heavy atom. The number of nitrogens with zero attached hydrogens (tertiary/aromatic N) is 2. The maximum atomic E-state index is 12.2. The van der Waals surface area contributed by atoms with Gasteiger partial charge in [0.25, 0.3) is 5.91 Å². The first-order valence-corrected chi connectivity index (χ1v) is 9.14. The second kappa shape index (κ2) is 8.02. The van der Waals surface area contributed by atoms with Crippen LogP contribution >= 0.6 is 0 Å². The summed E-state index contributed by atoms with van der Waals surface area (Å²) in [5.41, 5.74) is 3.11. The number of para-hydroxylation sites is 2. The number of benzene rings is 2. The molecule has 0 spiro atoms. The molecule has 0 fully saturated rings. The summed E-state index contributed by atoms with van der Waals surface area (Å²) >= 11 is 0. The molecule has 0 aliphatic rings. The predicted octanol–water partition coefficient (Wildman–Crippen LogP) is 3.65. The van der Waals surface area contributed by atoms with Gasteiger partial charge in [0, 0.05) is 5.69 Å². The zero-order valence-corrected chi connectivity index (χ0v) is 15.7. The van der Waals surface area contributed by atoms with Gasteiger partial charge in [-0.25, -0.2) is 9.78 Å². The molecule has 7 heteroatoms. The molecule has 0 aliphatic heterocycles. The third-order valence-electron chi connectivity index (χ3n) is 4.52. The summed E-state index contributed by atoms with van der Waals surface area (Å²) in [6, 6.07) is 18.0. The highest BCUT2D eigenvalue weighted by molar-refractivity contribution is 5.91. The van der Waals surface area contributed by atoms with E-state index in [1.165, 1.54) is 6.26 Å². The zero-order valence-electron chi connectivity index (χ0n) is 15.7. The Balaban J connectivity index is 1.36. The molecule has 1 amide bonds. The molecule has 4 rings (SSSR count). The Hall–Kier alpha value is -3.87. The molecule has 0 saturated carbocycles. The topological polar surface area (TPSA) is 86.4 Å². The van der Waals surface area contributed by atoms with Crippen molar-refractivity contribution in [1.82, 2.24) is 14.9 Å². The summed E-state index contributed by atoms with van der Waals surface area (Å²) in [5.74, 6) is -0.330. The second-order valence-electron chi connectivity index (χ2n) is 6.53. The monoisotopic (exact) mass is 389 g/mol. The fraction of sp³-hybridized carbons (Fsp3) is 0.136. The number of amides is 1. The molecule has 0 bridgehead atoms. The number of fused-ring (bicyclic) bond motifs is 1. The zero-order chi connectivity index (χ0) is 20.2. The number of hydrogen-bond donors (Lipinski definition) is 1. The number of nitrogens with one attached hydrogen (secondary N) is 1. The van der Waals surface area contributed by atoms with Crippen molar-refractivity contribution in [3.8, 4) is 5.69 Å². The van der Waals surface area contributed by atoms with E-state index in [2.05, 4.69) is 10.3 Å². The van der Waals surface area contributed by atoms with Gasteiger partial charge in [0.1, 0.15) is 12.1 Å². The number of carbonyl (C=O) groups excluding carboxylic acids is 2. The normalized spacial score (nSPS) is 11.9. The van der Waals surface area contributed by atoms with Crippen LogP contribution in [0.3, 0.4) is 0 Å². The molecule has 0 unspecified atom stereocenters. The molecule has 2 heterocycles. The Kier molecular flexibility index (Phi) is 5.11. The maximum Gasteiger partial charge on any atom is 0.338 e. The first-order chi connectivity index (χ1) is 14.1. The van der Waals surface area contributed by atoms with Gasteiger partial charge in [-0.1, -0.05) is 12.1 Å². The molecule has 146 valence electrons. The first kappa shape index (κ1) is 18.5. The molecule has 7 nitrogen and oxygen atoms in total. The summed E-state index contributed by atoms with van der Waals surface area (Å²) in [6.07, 6.45) is 3.27. The minimum atomic E-state index is -0.562. The van der Waals surface area contributed by atoms with Gasteiger partial charge in [-0.3, -0.25) is 9.36 Å². The van der Waals surface area contributed by atoms with Crippen molar-refractivity contribution in [3.63, 3.8) is 0 Å². The molecule has 0 saturated heterocycles. The van der Waals surface area contributed by atoms with Crippen LogP contribution in [0, 0.1) is 0 Å². The van der Waals surface area contributed by atoms with Gasteiger partial charge in [-0.15, -0.1) is 0 Å². The van der Waals surface area contributed by atoms with Crippen LogP contribution in [0.4, 0.5) is 0 Å². The number of carbonyl (C=O) groups is 2. The van der Waals surface area contributed by atoms with E-state index in [9.17, 15) is 9.59 Å². The van der Waals surface area contributed by atoms with Gasteiger partial charge >= 0.3 is 5.97 Å². The molecule has 1 N–H and O–H groups in total. The summed E-state index contributed by atoms with van der Waals surface area (Å²) in [7, 11) is 0. The lowest BCUT2D eigenvalue weighted by molar-refractivity contribution is -0.125. The van der Waals surface area contributed by atoms with Crippen LogP contribution in [0.1, 0.15) is 29.1 Å². The lowest BCUT2D eigenvalue weighted by atomic mass is 10.2. The quantitative estimate of drug-likeness (QED) is 0.509. The largest absolute Gasteiger partial charge is 0.467 e. The average Bonchev–Trinajstić information content (AvgIpc) is 3.42. The molecular formula is C22H19N3O4. The van der Waals surface area contributed by atoms with Gasteiger partial charge in [-0.2, -0.15) is 0 Å². The van der Waals surface area contributed by atoms with Crippen molar-refractivity contribution in [3.05, 3.63) is 84.6 Å². The van der Waals surface area contributed by atoms with Crippen molar-refractivity contribution < 1.29 is 18.7 Å². The van der Waals surface area contributed by atoms with Gasteiger partial charge in [0.05, 0.1) is 28.9 Å². The molecule has 1 atom stereocenters. The first-order valence-electron chi connectivity index (χ1n) is 9.14. The van der Waals surface area contributed by atoms with Gasteiger partial charge in [-0.05, 0) is 55.5 Å². The van der Waals surface area contributed by atoms with E-state index in [4.69, 9.17) is 9.15 Å². The Morgan fingerprint density at radius 3 is 2.66 bits per heavy atom. The van der Waals surface area contributed by atoms with Crippen molar-refractivity contribution in [2.45, 2.75) is 13.0 Å². The van der Waals surface area contributed by atoms with Crippen molar-refractivity contribution in [2.24, 2.45) is 0 Å². The van der Waals surface area contributed by atoms with Crippen molar-refractivity contribution in [2.75, 3.05) is 6.61 Å². The van der Waals surface area contributed by atoms with Crippen LogP contribution in [-0.4, -0.2) is 28.0 Å². The fourth-order valence-electron chi connectivity index (χ4n) is 3.03. The summed E-state index contributed by atoms with van der Waals surface area (Å²) in [6.45, 7) is 1.43. The van der Waals surface area contributed by atoms with Crippen molar-refractivity contribution >= 4 is 22.9 Å². The van der Waals surface area contributed by atoms with E-state index >= 15 is 0 Å². The van der Waals surface area contributed by atoms with E-state index in [0.29, 0.717) is 11.3 Å². The maximum absolute atomic E-state index is 12.2. The molecular weight excluding hydrogens is 370 g/mol. The van der Waals surface area contributed by atoms with Crippen LogP contribution in [0.25, 0.3) is 16.7 Å². The lowest BCUT2D eigenvalue weighted by Crippen LogP contribution is -2.30. The highest BCUT2D eigenvalue weighted by Gasteiger charge is 2.15. The standard InChI is InChI=1S/C22H19N3O4/c1-15(20-7-4-12-28-20)24-21(26)13-29-22(27)16-8-10-17(11-9-16)25-14-23-18-5-2-3-6-19(18)25/h2-12,14-15H,13H2,1H3,(H,24,26)/t15-/m1/s1. The third-order valence-corrected chi connectivity index (χ3v) is 4.52. The molecule has 4 aromatic rings. The van der Waals surface area contributed by atoms with Gasteiger partial charge < -0.3 is 14.5 Å². The highest BCUT2D eigenvalue weighted by Crippen LogP contribution is 2.18. The Bertz CT molecular complexity index is 1130. The van der Waals surface area contributed by atoms with Crippen LogP contribution < -0.4 is 5.32 Å². The van der Waals surface area contributed by atoms with Gasteiger partial charge in [0.15, 0.2) is 6.61 Å². The minimum absolute atomic E-state index is 0.305. The molecule has 0 aliphatic carbocycles. The summed E-state index contributed by atoms with van der Waals surface area (Å²) in [4.78, 5) is 28.6. The van der Waals surface area contributed by atoms with Crippen LogP contribution in [0.15, 0.2) is 77.7 Å². The fourth-order valence-corrected chi connectivity index (χ4v) is 3.03. The van der Waals surface area contributed by atoms with Gasteiger partial charge in [0.2, 0.25) is 0 Å². The number of imidazole rings is 1. The SMILES string of the molecule is C[C@@H](NC(=O)COC(=O)c1ccc(-n2cnc3ccccc32)cc1)c1ccco1. The number of rotatable bonds is 6. The van der Waals surface area contributed by atoms with Crippen LogP contribution in [-0.2, 0) is 9.53 Å². The highest BCUT2D eigenvalue weighted by atomic mass is 16.5. The summed E-state index contributed by atoms with van der Waals surface area (Å²) < 4.78 is 12.3. The number of aromatic nitrogens is 2. The number of hydrogen-bond acceptors (Lipinski definition) is 5. The number of ether oxygens (including phenoxy) is 1. The molecule has 29 heavy (non-hydrogen) atoms. The second-order valence-corrected chi connectivity index (χ2v) is 6.53. The minimum Gasteiger partial charge on any atom is -0.467 e. The average molecular weight is 389 g/mol. The van der Waals surface area contributed by atoms with Crippen molar-refractivity contribution in [1.29, 1.82) is 0 Å². The number of furan rings is 1. The molecule has 0 radical (unpaired) electrons. The summed E-state index contributed by atoms with van der Waals surface area (Å²) in [5, 5.41) is 2.71. The van der Waals surface area contributed by atoms with Crippen LogP contribution in [0.5, 0.6) is 0 Å². The lowest BCUT2D eigenvalue weighted by Gasteiger charge is -2.11. The van der Waals surface area contributed by atoms with E-state index in [1.54, 1.807) is 37.5 Å². The Labute approximate surface area is 166 Å².